The summed E-state index contributed by atoms with van der Waals surface area (Å²) in [7, 11) is -3.39. The van der Waals surface area contributed by atoms with Gasteiger partial charge in [0.05, 0.1) is 5.75 Å². The van der Waals surface area contributed by atoms with Crippen LogP contribution < -0.4 is 0 Å². The molecule has 0 saturated carbocycles. The molecule has 0 bridgehead atoms. The Morgan fingerprint density at radius 2 is 2.12 bits per heavy atom. The average molecular weight is 249 g/mol. The summed E-state index contributed by atoms with van der Waals surface area (Å²) in [5.41, 5.74) is 0. The third-order valence-electron chi connectivity index (χ3n) is 2.85. The van der Waals surface area contributed by atoms with Crippen molar-refractivity contribution < 1.29 is 18.3 Å². The topological polar surface area (TPSA) is 74.7 Å². The number of piperidine rings is 1. The Kier molecular flexibility index (Phi) is 4.73. The van der Waals surface area contributed by atoms with Crippen LogP contribution in [-0.2, 0) is 14.8 Å². The second-order valence-corrected chi connectivity index (χ2v) is 6.17. The van der Waals surface area contributed by atoms with Gasteiger partial charge in [0.1, 0.15) is 6.04 Å². The van der Waals surface area contributed by atoms with Crippen molar-refractivity contribution >= 4 is 16.0 Å². The number of sulfonamides is 1. The number of carboxylic acids is 1. The number of hydrogen-bond donors (Lipinski definition) is 1. The lowest BCUT2D eigenvalue weighted by atomic mass is 10.1. The summed E-state index contributed by atoms with van der Waals surface area (Å²) >= 11 is 0. The third-order valence-corrected chi connectivity index (χ3v) is 4.81. The molecule has 5 nitrogen and oxygen atoms in total. The predicted octanol–water partition coefficient (Wildman–Crippen LogP) is 1.06. The van der Waals surface area contributed by atoms with E-state index in [9.17, 15) is 13.2 Å². The van der Waals surface area contributed by atoms with Crippen LogP contribution in [0.15, 0.2) is 0 Å². The lowest BCUT2D eigenvalue weighted by molar-refractivity contribution is -0.142. The third kappa shape index (κ3) is 3.18. The lowest BCUT2D eigenvalue weighted by Crippen LogP contribution is -2.48. The summed E-state index contributed by atoms with van der Waals surface area (Å²) in [6.45, 7) is 2.27. The first-order chi connectivity index (χ1) is 7.49. The van der Waals surface area contributed by atoms with Gasteiger partial charge in [-0.15, -0.1) is 0 Å². The minimum absolute atomic E-state index is 0.0628. The number of rotatable bonds is 5. The Bertz CT molecular complexity index is 339. The first kappa shape index (κ1) is 13.4. The zero-order chi connectivity index (χ0) is 12.2. The molecule has 1 unspecified atom stereocenters. The smallest absolute Gasteiger partial charge is 0.322 e. The number of carbonyl (C=O) groups is 1. The highest BCUT2D eigenvalue weighted by atomic mass is 32.2. The molecule has 1 fully saturated rings. The SMILES string of the molecule is CCCCS(=O)(=O)N1CCCCC1C(=O)O. The van der Waals surface area contributed by atoms with Gasteiger partial charge in [0.15, 0.2) is 0 Å². The van der Waals surface area contributed by atoms with E-state index in [2.05, 4.69) is 0 Å². The van der Waals surface area contributed by atoms with Gasteiger partial charge in [-0.2, -0.15) is 4.31 Å². The molecular formula is C10H19NO4S. The van der Waals surface area contributed by atoms with Crippen molar-refractivity contribution in [2.75, 3.05) is 12.3 Å². The van der Waals surface area contributed by atoms with Crippen molar-refractivity contribution in [1.82, 2.24) is 4.31 Å². The van der Waals surface area contributed by atoms with Gasteiger partial charge < -0.3 is 5.11 Å². The maximum Gasteiger partial charge on any atom is 0.322 e. The number of hydrogen-bond acceptors (Lipinski definition) is 3. The van der Waals surface area contributed by atoms with Crippen LogP contribution in [0.3, 0.4) is 0 Å². The van der Waals surface area contributed by atoms with Crippen LogP contribution in [0.25, 0.3) is 0 Å². The first-order valence-electron chi connectivity index (χ1n) is 5.71. The highest BCUT2D eigenvalue weighted by Crippen LogP contribution is 2.21. The predicted molar refractivity (Wildman–Crippen MR) is 60.7 cm³/mol. The van der Waals surface area contributed by atoms with E-state index in [4.69, 9.17) is 5.11 Å². The van der Waals surface area contributed by atoms with Crippen molar-refractivity contribution in [3.8, 4) is 0 Å². The molecule has 1 atom stereocenters. The van der Waals surface area contributed by atoms with Gasteiger partial charge in [-0.3, -0.25) is 4.79 Å². The Hall–Kier alpha value is -0.620. The molecule has 1 heterocycles. The molecule has 1 rings (SSSR count). The number of nitrogens with zero attached hydrogens (tertiary/aromatic N) is 1. The van der Waals surface area contributed by atoms with Gasteiger partial charge in [-0.25, -0.2) is 8.42 Å². The van der Waals surface area contributed by atoms with E-state index >= 15 is 0 Å². The zero-order valence-corrected chi connectivity index (χ0v) is 10.4. The Morgan fingerprint density at radius 1 is 1.44 bits per heavy atom. The second-order valence-electron chi connectivity index (χ2n) is 4.13. The van der Waals surface area contributed by atoms with Crippen LogP contribution in [0.4, 0.5) is 0 Å². The van der Waals surface area contributed by atoms with Crippen molar-refractivity contribution in [3.05, 3.63) is 0 Å². The van der Waals surface area contributed by atoms with Gasteiger partial charge in [-0.05, 0) is 25.7 Å². The van der Waals surface area contributed by atoms with Crippen molar-refractivity contribution in [1.29, 1.82) is 0 Å². The molecule has 0 radical (unpaired) electrons. The molecule has 0 aliphatic carbocycles. The summed E-state index contributed by atoms with van der Waals surface area (Å²) in [5, 5.41) is 8.99. The maximum atomic E-state index is 11.9. The van der Waals surface area contributed by atoms with Crippen LogP contribution >= 0.6 is 0 Å². The molecule has 6 heteroatoms. The van der Waals surface area contributed by atoms with Gasteiger partial charge in [0.25, 0.3) is 0 Å². The molecule has 1 saturated heterocycles. The molecule has 16 heavy (non-hydrogen) atoms. The molecular weight excluding hydrogens is 230 g/mol. The van der Waals surface area contributed by atoms with Crippen LogP contribution in [0.1, 0.15) is 39.0 Å². The van der Waals surface area contributed by atoms with E-state index in [-0.39, 0.29) is 5.75 Å². The summed E-state index contributed by atoms with van der Waals surface area (Å²) in [5.74, 6) is -0.965. The molecule has 1 aliphatic rings. The monoisotopic (exact) mass is 249 g/mol. The standard InChI is InChI=1S/C10H19NO4S/c1-2-3-8-16(14,15)11-7-5-4-6-9(11)10(12)13/h9H,2-8H2,1H3,(H,12,13). The minimum atomic E-state index is -3.39. The van der Waals surface area contributed by atoms with Gasteiger partial charge in [0.2, 0.25) is 10.0 Å². The van der Waals surface area contributed by atoms with E-state index in [1.54, 1.807) is 0 Å². The van der Waals surface area contributed by atoms with E-state index in [0.717, 1.165) is 19.3 Å². The zero-order valence-electron chi connectivity index (χ0n) is 9.55. The van der Waals surface area contributed by atoms with Crippen molar-refractivity contribution in [2.24, 2.45) is 0 Å². The Balaban J connectivity index is 2.78. The van der Waals surface area contributed by atoms with Crippen LogP contribution in [0.5, 0.6) is 0 Å². The van der Waals surface area contributed by atoms with Crippen LogP contribution in [0.2, 0.25) is 0 Å². The molecule has 0 aromatic carbocycles. The summed E-state index contributed by atoms with van der Waals surface area (Å²) in [6.07, 6.45) is 3.36. The quantitative estimate of drug-likeness (QED) is 0.790. The minimum Gasteiger partial charge on any atom is -0.480 e. The second kappa shape index (κ2) is 5.63. The Labute approximate surface area is 96.5 Å². The van der Waals surface area contributed by atoms with E-state index in [1.165, 1.54) is 4.31 Å². The van der Waals surface area contributed by atoms with Crippen molar-refractivity contribution in [2.45, 2.75) is 45.1 Å². The molecule has 0 aromatic rings. The van der Waals surface area contributed by atoms with Gasteiger partial charge in [0, 0.05) is 6.54 Å². The number of unbranched alkanes of at least 4 members (excludes halogenated alkanes) is 1. The summed E-state index contributed by atoms with van der Waals surface area (Å²) < 4.78 is 25.0. The lowest BCUT2D eigenvalue weighted by Gasteiger charge is -2.31. The fourth-order valence-corrected chi connectivity index (χ4v) is 3.81. The molecule has 0 aromatic heterocycles. The fourth-order valence-electron chi connectivity index (χ4n) is 1.93. The normalized spacial score (nSPS) is 23.2. The van der Waals surface area contributed by atoms with E-state index in [1.807, 2.05) is 6.92 Å². The highest BCUT2D eigenvalue weighted by molar-refractivity contribution is 7.89. The van der Waals surface area contributed by atoms with Crippen LogP contribution in [0, 0.1) is 0 Å². The first-order valence-corrected chi connectivity index (χ1v) is 7.32. The Morgan fingerprint density at radius 3 is 2.69 bits per heavy atom. The molecule has 94 valence electrons. The van der Waals surface area contributed by atoms with E-state index in [0.29, 0.717) is 19.4 Å². The maximum absolute atomic E-state index is 11.9. The molecule has 1 aliphatic heterocycles. The van der Waals surface area contributed by atoms with E-state index < -0.39 is 22.0 Å². The molecule has 0 spiro atoms. The summed E-state index contributed by atoms with van der Waals surface area (Å²) in [4.78, 5) is 11.0. The number of aliphatic carboxylic acids is 1. The van der Waals surface area contributed by atoms with Crippen LogP contribution in [-0.4, -0.2) is 42.1 Å². The molecule has 0 amide bonds. The van der Waals surface area contributed by atoms with Gasteiger partial charge >= 0.3 is 5.97 Å². The fraction of sp³-hybridized carbons (Fsp3) is 0.900. The van der Waals surface area contributed by atoms with Gasteiger partial charge in [-0.1, -0.05) is 13.3 Å². The average Bonchev–Trinajstić information content (AvgIpc) is 2.26. The molecule has 1 N–H and O–H groups in total. The summed E-state index contributed by atoms with van der Waals surface area (Å²) in [6, 6.07) is -0.851. The highest BCUT2D eigenvalue weighted by Gasteiger charge is 2.35. The number of carboxylic acid groups (broad SMARTS) is 1. The van der Waals surface area contributed by atoms with Crippen molar-refractivity contribution in [3.63, 3.8) is 0 Å². The largest absolute Gasteiger partial charge is 0.480 e.